The van der Waals surface area contributed by atoms with Crippen LogP contribution < -0.4 is 5.32 Å². The van der Waals surface area contributed by atoms with Gasteiger partial charge in [0.25, 0.3) is 0 Å². The summed E-state index contributed by atoms with van der Waals surface area (Å²) in [6.07, 6.45) is 3.59. The van der Waals surface area contributed by atoms with Crippen LogP contribution in [0.2, 0.25) is 0 Å². The number of carbonyl (C=O) groups is 1. The monoisotopic (exact) mass is 382 g/mol. The van der Waals surface area contributed by atoms with Crippen LogP contribution in [-0.4, -0.2) is 20.9 Å². The molecular weight excluding hydrogens is 368 g/mol. The van der Waals surface area contributed by atoms with Crippen molar-refractivity contribution in [3.8, 4) is 22.0 Å². The maximum Gasteiger partial charge on any atom is 0.236 e. The van der Waals surface area contributed by atoms with Crippen LogP contribution in [-0.2, 0) is 11.2 Å². The van der Waals surface area contributed by atoms with Crippen molar-refractivity contribution in [1.29, 1.82) is 0 Å². The molecule has 8 heteroatoms. The number of aromatic nitrogens is 3. The number of nitrogens with zero attached hydrogens (tertiary/aromatic N) is 3. The largest absolute Gasteiger partial charge is 0.440 e. The number of hydrogen-bond donors (Lipinski definition) is 1. The molecule has 0 unspecified atom stereocenters. The number of carbonyl (C=O) groups excluding carboxylic acids is 1. The van der Waals surface area contributed by atoms with Gasteiger partial charge in [0.15, 0.2) is 5.13 Å². The summed E-state index contributed by atoms with van der Waals surface area (Å²) >= 11 is 2.93. The number of thiophene rings is 1. The molecule has 0 atom stereocenters. The molecule has 1 N–H and O–H groups in total. The van der Waals surface area contributed by atoms with Gasteiger partial charge < -0.3 is 9.73 Å². The van der Waals surface area contributed by atoms with Crippen LogP contribution in [0.25, 0.3) is 22.0 Å². The molecule has 130 valence electrons. The first kappa shape index (κ1) is 16.6. The van der Waals surface area contributed by atoms with E-state index in [1.54, 1.807) is 23.7 Å². The molecule has 4 aromatic heterocycles. The van der Waals surface area contributed by atoms with Crippen LogP contribution in [0.4, 0.5) is 5.13 Å². The Labute approximate surface area is 157 Å². The quantitative estimate of drug-likeness (QED) is 0.553. The molecule has 4 rings (SSSR count). The molecule has 0 aliphatic rings. The lowest BCUT2D eigenvalue weighted by Gasteiger charge is -1.99. The number of hydrogen-bond acceptors (Lipinski definition) is 7. The Kier molecular flexibility index (Phi) is 4.59. The second-order valence-corrected chi connectivity index (χ2v) is 7.31. The third kappa shape index (κ3) is 3.56. The van der Waals surface area contributed by atoms with Gasteiger partial charge in [-0.1, -0.05) is 6.07 Å². The Bertz CT molecular complexity index is 1020. The Morgan fingerprint density at radius 1 is 1.23 bits per heavy atom. The highest BCUT2D eigenvalue weighted by molar-refractivity contribution is 7.14. The molecule has 0 radical (unpaired) electrons. The number of thiazole rings is 1. The zero-order valence-corrected chi connectivity index (χ0v) is 15.4. The molecule has 6 nitrogen and oxygen atoms in total. The van der Waals surface area contributed by atoms with Gasteiger partial charge in [-0.3, -0.25) is 9.78 Å². The number of nitrogens with one attached hydrogen (secondary N) is 1. The molecule has 0 aromatic carbocycles. The van der Waals surface area contributed by atoms with Gasteiger partial charge in [-0.25, -0.2) is 9.97 Å². The van der Waals surface area contributed by atoms with Gasteiger partial charge in [-0.15, -0.1) is 22.7 Å². The minimum Gasteiger partial charge on any atom is -0.440 e. The standard InChI is InChI=1S/C18H14N4O2S2/c1-11-13(20-17(24-11)15-5-3-7-25-15)8-16(23)22-18-21-14(10-26-18)12-4-2-6-19-9-12/h2-7,9-10H,8H2,1H3,(H,21,22,23). The molecule has 0 bridgehead atoms. The first-order valence-electron chi connectivity index (χ1n) is 7.85. The molecule has 0 saturated heterocycles. The number of amides is 1. The lowest BCUT2D eigenvalue weighted by Crippen LogP contribution is -2.15. The smallest absolute Gasteiger partial charge is 0.236 e. The summed E-state index contributed by atoms with van der Waals surface area (Å²) in [6.45, 7) is 1.82. The van der Waals surface area contributed by atoms with Crippen molar-refractivity contribution >= 4 is 33.7 Å². The maximum atomic E-state index is 12.3. The molecule has 4 heterocycles. The van der Waals surface area contributed by atoms with Crippen molar-refractivity contribution in [3.63, 3.8) is 0 Å². The van der Waals surface area contributed by atoms with E-state index in [1.165, 1.54) is 11.3 Å². The van der Waals surface area contributed by atoms with E-state index in [2.05, 4.69) is 20.3 Å². The van der Waals surface area contributed by atoms with Crippen LogP contribution in [0.5, 0.6) is 0 Å². The summed E-state index contributed by atoms with van der Waals surface area (Å²) in [7, 11) is 0. The molecule has 1 amide bonds. The van der Waals surface area contributed by atoms with Crippen molar-refractivity contribution in [2.45, 2.75) is 13.3 Å². The minimum absolute atomic E-state index is 0.141. The highest BCUT2D eigenvalue weighted by Crippen LogP contribution is 2.27. The lowest BCUT2D eigenvalue weighted by molar-refractivity contribution is -0.115. The summed E-state index contributed by atoms with van der Waals surface area (Å²) in [5.74, 6) is 1.03. The summed E-state index contributed by atoms with van der Waals surface area (Å²) in [6, 6.07) is 7.66. The van der Waals surface area contributed by atoms with Crippen LogP contribution in [0.15, 0.2) is 51.8 Å². The Morgan fingerprint density at radius 2 is 2.15 bits per heavy atom. The maximum absolute atomic E-state index is 12.3. The predicted molar refractivity (Wildman–Crippen MR) is 102 cm³/mol. The molecular formula is C18H14N4O2S2. The Hall–Kier alpha value is -2.84. The van der Waals surface area contributed by atoms with Crippen molar-refractivity contribution in [2.75, 3.05) is 5.32 Å². The van der Waals surface area contributed by atoms with E-state index in [0.717, 1.165) is 16.1 Å². The van der Waals surface area contributed by atoms with Gasteiger partial charge in [0.1, 0.15) is 5.76 Å². The highest BCUT2D eigenvalue weighted by Gasteiger charge is 2.16. The minimum atomic E-state index is -0.175. The first-order chi connectivity index (χ1) is 12.7. The zero-order valence-electron chi connectivity index (χ0n) is 13.8. The fraction of sp³-hybridized carbons (Fsp3) is 0.111. The van der Waals surface area contributed by atoms with Gasteiger partial charge in [-0.2, -0.15) is 0 Å². The topological polar surface area (TPSA) is 80.9 Å². The number of pyridine rings is 1. The fourth-order valence-electron chi connectivity index (χ4n) is 2.39. The molecule has 0 aliphatic heterocycles. The molecule has 0 fully saturated rings. The lowest BCUT2D eigenvalue weighted by atomic mass is 10.2. The van der Waals surface area contributed by atoms with Gasteiger partial charge in [0.2, 0.25) is 11.8 Å². The molecule has 0 saturated carbocycles. The fourth-order valence-corrected chi connectivity index (χ4v) is 3.78. The van der Waals surface area contributed by atoms with Crippen LogP contribution in [0.1, 0.15) is 11.5 Å². The third-order valence-electron chi connectivity index (χ3n) is 3.66. The second kappa shape index (κ2) is 7.19. The average Bonchev–Trinajstić information content (AvgIpc) is 3.38. The number of aryl methyl sites for hydroxylation is 1. The molecule has 4 aromatic rings. The summed E-state index contributed by atoms with van der Waals surface area (Å²) in [5.41, 5.74) is 2.34. The van der Waals surface area contributed by atoms with E-state index in [-0.39, 0.29) is 12.3 Å². The normalized spacial score (nSPS) is 10.8. The zero-order chi connectivity index (χ0) is 17.9. The van der Waals surface area contributed by atoms with E-state index >= 15 is 0 Å². The number of oxazole rings is 1. The van der Waals surface area contributed by atoms with E-state index in [9.17, 15) is 4.79 Å². The van der Waals surface area contributed by atoms with Crippen LogP contribution in [0.3, 0.4) is 0 Å². The second-order valence-electron chi connectivity index (χ2n) is 5.50. The average molecular weight is 382 g/mol. The van der Waals surface area contributed by atoms with E-state index in [4.69, 9.17) is 4.42 Å². The number of rotatable bonds is 5. The number of anilines is 1. The van der Waals surface area contributed by atoms with Gasteiger partial charge in [0.05, 0.1) is 22.7 Å². The third-order valence-corrected chi connectivity index (χ3v) is 5.28. The van der Waals surface area contributed by atoms with Crippen molar-refractivity contribution < 1.29 is 9.21 Å². The highest BCUT2D eigenvalue weighted by atomic mass is 32.1. The summed E-state index contributed by atoms with van der Waals surface area (Å²) in [4.78, 5) is 26.2. The van der Waals surface area contributed by atoms with E-state index in [1.807, 2.05) is 41.9 Å². The summed E-state index contributed by atoms with van der Waals surface area (Å²) in [5, 5.41) is 7.22. The van der Waals surface area contributed by atoms with Crippen molar-refractivity contribution in [3.05, 3.63) is 58.9 Å². The predicted octanol–water partition coefficient (Wildman–Crippen LogP) is 4.41. The molecule has 0 spiro atoms. The van der Waals surface area contributed by atoms with E-state index in [0.29, 0.717) is 22.5 Å². The van der Waals surface area contributed by atoms with Crippen molar-refractivity contribution in [1.82, 2.24) is 15.0 Å². The van der Waals surface area contributed by atoms with Crippen LogP contribution >= 0.6 is 22.7 Å². The molecule has 26 heavy (non-hydrogen) atoms. The summed E-state index contributed by atoms with van der Waals surface area (Å²) < 4.78 is 5.67. The van der Waals surface area contributed by atoms with Crippen LogP contribution in [0, 0.1) is 6.92 Å². The van der Waals surface area contributed by atoms with Crippen molar-refractivity contribution in [2.24, 2.45) is 0 Å². The Balaban J connectivity index is 1.44. The Morgan fingerprint density at radius 3 is 2.92 bits per heavy atom. The van der Waals surface area contributed by atoms with Gasteiger partial charge in [-0.05, 0) is 30.5 Å². The molecule has 0 aliphatic carbocycles. The SMILES string of the molecule is Cc1oc(-c2cccs2)nc1CC(=O)Nc1nc(-c2cccnc2)cs1. The van der Waals surface area contributed by atoms with Gasteiger partial charge >= 0.3 is 0 Å². The van der Waals surface area contributed by atoms with Gasteiger partial charge in [0, 0.05) is 23.3 Å². The van der Waals surface area contributed by atoms with E-state index < -0.39 is 0 Å². The first-order valence-corrected chi connectivity index (χ1v) is 9.61.